The quantitative estimate of drug-likeness (QED) is 0.168. The lowest BCUT2D eigenvalue weighted by molar-refractivity contribution is 0.638. The molecule has 8 aromatic rings. The second kappa shape index (κ2) is 14.5. The van der Waals surface area contributed by atoms with Gasteiger partial charge in [0.05, 0.1) is 33.5 Å². The van der Waals surface area contributed by atoms with E-state index in [1.807, 2.05) is 19.1 Å². The molecule has 0 radical (unpaired) electrons. The van der Waals surface area contributed by atoms with Crippen LogP contribution in [0.4, 0.5) is 11.4 Å². The lowest BCUT2D eigenvalue weighted by Crippen LogP contribution is -2.25. The Kier molecular flexibility index (Phi) is 8.83. The highest BCUT2D eigenvalue weighted by atomic mass is 15.2. The molecule has 0 saturated carbocycles. The molecule has 0 spiro atoms. The molecule has 3 aliphatic carbocycles. The van der Waals surface area contributed by atoms with Gasteiger partial charge < -0.3 is 14.0 Å². The van der Waals surface area contributed by atoms with E-state index < -0.39 is 0 Å². The van der Waals surface area contributed by atoms with Crippen molar-refractivity contribution in [3.8, 4) is 34.6 Å². The van der Waals surface area contributed by atoms with Crippen molar-refractivity contribution in [2.45, 2.75) is 59.3 Å². The molecular weight excluding hydrogens is 767 g/mol. The fourth-order valence-electron chi connectivity index (χ4n) is 11.1. The molecule has 63 heavy (non-hydrogen) atoms. The number of nitriles is 2. The van der Waals surface area contributed by atoms with Crippen LogP contribution in [0.1, 0.15) is 90.0 Å². The van der Waals surface area contributed by atoms with Gasteiger partial charge in [-0.2, -0.15) is 10.5 Å². The summed E-state index contributed by atoms with van der Waals surface area (Å²) in [4.78, 5) is 2.40. The van der Waals surface area contributed by atoms with Crippen LogP contribution in [-0.4, -0.2) is 9.13 Å². The topological polar surface area (TPSA) is 60.7 Å². The number of rotatable bonds is 6. The Morgan fingerprint density at radius 2 is 1.41 bits per heavy atom. The van der Waals surface area contributed by atoms with E-state index in [4.69, 9.17) is 0 Å². The molecule has 11 rings (SSSR count). The molecule has 0 saturated heterocycles. The lowest BCUT2D eigenvalue weighted by Gasteiger charge is -2.34. The summed E-state index contributed by atoms with van der Waals surface area (Å²) in [5.41, 5.74) is 19.9. The zero-order chi connectivity index (χ0) is 43.1. The maximum atomic E-state index is 11.3. The van der Waals surface area contributed by atoms with Crippen LogP contribution in [0.25, 0.3) is 62.5 Å². The summed E-state index contributed by atoms with van der Waals surface area (Å²) in [6.07, 6.45) is 13.8. The molecule has 0 amide bonds. The summed E-state index contributed by atoms with van der Waals surface area (Å²) in [5, 5.41) is 24.8. The second-order valence-corrected chi connectivity index (χ2v) is 17.9. The van der Waals surface area contributed by atoms with Crippen LogP contribution in [-0.2, 0) is 18.3 Å². The van der Waals surface area contributed by atoms with Crippen molar-refractivity contribution in [3.63, 3.8) is 0 Å². The highest BCUT2D eigenvalue weighted by Crippen LogP contribution is 2.52. The minimum atomic E-state index is -0.199. The number of allylic oxidation sites excluding steroid dienone is 3. The molecule has 0 N–H and O–H groups in total. The third-order valence-corrected chi connectivity index (χ3v) is 14.0. The minimum absolute atomic E-state index is 0.114. The van der Waals surface area contributed by atoms with Crippen LogP contribution in [0.5, 0.6) is 0 Å². The van der Waals surface area contributed by atoms with Gasteiger partial charge in [-0.25, -0.2) is 0 Å². The second-order valence-electron chi connectivity index (χ2n) is 17.9. The average molecular weight is 814 g/mol. The molecule has 2 heterocycles. The Labute approximate surface area is 369 Å². The fraction of sp³-hybridized carbons (Fsp3) is 0.172. The Hall–Kier alpha value is -7.60. The molecule has 1 unspecified atom stereocenters. The van der Waals surface area contributed by atoms with Crippen molar-refractivity contribution >= 4 is 51.4 Å². The molecule has 0 fully saturated rings. The molecule has 5 heteroatoms. The van der Waals surface area contributed by atoms with Crippen molar-refractivity contribution < 1.29 is 0 Å². The van der Waals surface area contributed by atoms with E-state index in [0.29, 0.717) is 16.8 Å². The van der Waals surface area contributed by atoms with Gasteiger partial charge in [-0.05, 0) is 139 Å². The molecule has 0 bridgehead atoms. The van der Waals surface area contributed by atoms with E-state index in [2.05, 4.69) is 193 Å². The first-order valence-electron chi connectivity index (χ1n) is 22.1. The van der Waals surface area contributed by atoms with Crippen molar-refractivity contribution in [1.29, 1.82) is 10.5 Å². The standard InChI is InChI=1S/C58H47N5/c1-6-17-50-37(3)57-43-23-14-13-18-38(43)26-27-51(57)62(50)53-29-40(35-60)54(30-39(53)34-59)63-55-28-36(2)52(61(41-19-9-7-10-20-41)42-21-11-8-12-22-42)33-47(55)46-31-49-45(32-56(46)63)44-24-15-16-25-48(44)58(49,4)5/h6-13,15-22,24-27,29-33,36H,14,23,28H2,1-5H3/b17-6-. The van der Waals surface area contributed by atoms with Crippen LogP contribution in [0.2, 0.25) is 0 Å². The molecule has 0 aliphatic heterocycles. The van der Waals surface area contributed by atoms with Gasteiger partial charge in [0.25, 0.3) is 0 Å². The van der Waals surface area contributed by atoms with Crippen LogP contribution >= 0.6 is 0 Å². The number of para-hydroxylation sites is 2. The molecule has 3 aliphatic rings. The van der Waals surface area contributed by atoms with Crippen LogP contribution in [0, 0.1) is 35.5 Å². The third-order valence-electron chi connectivity index (χ3n) is 14.0. The van der Waals surface area contributed by atoms with E-state index >= 15 is 0 Å². The molecule has 6 aromatic carbocycles. The Balaban J connectivity index is 1.20. The molecular formula is C58H47N5. The van der Waals surface area contributed by atoms with Crippen molar-refractivity contribution in [1.82, 2.24) is 9.13 Å². The molecule has 5 nitrogen and oxygen atoms in total. The van der Waals surface area contributed by atoms with Crippen LogP contribution < -0.4 is 4.90 Å². The number of hydrogen-bond donors (Lipinski definition) is 0. The highest BCUT2D eigenvalue weighted by molar-refractivity contribution is 6.01. The largest absolute Gasteiger partial charge is 0.314 e. The van der Waals surface area contributed by atoms with Crippen molar-refractivity contribution in [2.75, 3.05) is 4.90 Å². The van der Waals surface area contributed by atoms with Gasteiger partial charge in [0.2, 0.25) is 0 Å². The summed E-state index contributed by atoms with van der Waals surface area (Å²) in [7, 11) is 0. The van der Waals surface area contributed by atoms with Gasteiger partial charge in [-0.15, -0.1) is 0 Å². The lowest BCUT2D eigenvalue weighted by atomic mass is 9.81. The summed E-state index contributed by atoms with van der Waals surface area (Å²) in [6.45, 7) is 11.2. The van der Waals surface area contributed by atoms with Gasteiger partial charge in [0, 0.05) is 56.1 Å². The number of fused-ring (bicyclic) bond motifs is 9. The molecule has 304 valence electrons. The number of anilines is 2. The Morgan fingerprint density at radius 3 is 2.10 bits per heavy atom. The highest BCUT2D eigenvalue weighted by Gasteiger charge is 2.38. The van der Waals surface area contributed by atoms with Gasteiger partial charge >= 0.3 is 0 Å². The molecule has 1 atom stereocenters. The predicted octanol–water partition coefficient (Wildman–Crippen LogP) is 14.3. The van der Waals surface area contributed by atoms with Crippen LogP contribution in [0.3, 0.4) is 0 Å². The van der Waals surface area contributed by atoms with Gasteiger partial charge in [-0.3, -0.25) is 0 Å². The maximum Gasteiger partial charge on any atom is 0.101 e. The van der Waals surface area contributed by atoms with Gasteiger partial charge in [-0.1, -0.05) is 106 Å². The monoisotopic (exact) mass is 813 g/mol. The van der Waals surface area contributed by atoms with E-state index in [1.54, 1.807) is 0 Å². The minimum Gasteiger partial charge on any atom is -0.314 e. The predicted molar refractivity (Wildman–Crippen MR) is 260 cm³/mol. The first kappa shape index (κ1) is 38.3. The summed E-state index contributed by atoms with van der Waals surface area (Å²) < 4.78 is 4.52. The van der Waals surface area contributed by atoms with Gasteiger partial charge in [0.1, 0.15) is 12.1 Å². The number of nitrogens with zero attached hydrogens (tertiary/aromatic N) is 5. The summed E-state index contributed by atoms with van der Waals surface area (Å²) in [5.74, 6) is 0.114. The summed E-state index contributed by atoms with van der Waals surface area (Å²) >= 11 is 0. The first-order valence-corrected chi connectivity index (χ1v) is 22.1. The summed E-state index contributed by atoms with van der Waals surface area (Å²) in [6, 6.07) is 48.4. The number of aryl methyl sites for hydroxylation is 2. The van der Waals surface area contributed by atoms with Crippen molar-refractivity contribution in [2.24, 2.45) is 5.92 Å². The van der Waals surface area contributed by atoms with E-state index in [9.17, 15) is 10.5 Å². The Bertz CT molecular complexity index is 3350. The van der Waals surface area contributed by atoms with Crippen LogP contribution in [0.15, 0.2) is 139 Å². The zero-order valence-electron chi connectivity index (χ0n) is 36.4. The van der Waals surface area contributed by atoms with Gasteiger partial charge in [0.15, 0.2) is 0 Å². The Morgan fingerprint density at radius 1 is 0.746 bits per heavy atom. The van der Waals surface area contributed by atoms with E-state index in [0.717, 1.165) is 69.7 Å². The maximum absolute atomic E-state index is 11.3. The van der Waals surface area contributed by atoms with E-state index in [-0.39, 0.29) is 11.3 Å². The number of benzene rings is 6. The number of hydrogen-bond acceptors (Lipinski definition) is 3. The fourth-order valence-corrected chi connectivity index (χ4v) is 11.1. The third kappa shape index (κ3) is 5.66. The number of aromatic nitrogens is 2. The average Bonchev–Trinajstić information content (AvgIpc) is 3.86. The smallest absolute Gasteiger partial charge is 0.101 e. The first-order chi connectivity index (χ1) is 30.7. The molecule has 2 aromatic heterocycles. The van der Waals surface area contributed by atoms with Crippen molar-refractivity contribution in [3.05, 3.63) is 195 Å². The zero-order valence-corrected chi connectivity index (χ0v) is 36.4. The van der Waals surface area contributed by atoms with E-state index in [1.165, 1.54) is 50.0 Å². The SMILES string of the molecule is C/C=C\c1c(C)c2c3c(ccc2n1-c1cc(C#N)c(-n2c4c(c5cc6c(cc52)-c2ccccc2C6(C)C)C=C(N(c2ccccc2)c2ccccc2)C(C)C4)cc1C#N)C=CCC3. The normalized spacial score (nSPS) is 15.7.